The van der Waals surface area contributed by atoms with Crippen LogP contribution in [-0.2, 0) is 0 Å². The first-order valence-corrected chi connectivity index (χ1v) is 15.4. The van der Waals surface area contributed by atoms with Gasteiger partial charge < -0.3 is 14.0 Å². The second-order valence-electron chi connectivity index (χ2n) is 11.4. The first-order chi connectivity index (χ1) is 22.4. The lowest BCUT2D eigenvalue weighted by atomic mass is 10.1. The molecule has 0 aliphatic rings. The van der Waals surface area contributed by atoms with E-state index in [1.807, 2.05) is 0 Å². The van der Waals surface area contributed by atoms with Crippen molar-refractivity contribution < 1.29 is 0 Å². The summed E-state index contributed by atoms with van der Waals surface area (Å²) < 4.78 is 4.82. The van der Waals surface area contributed by atoms with Crippen molar-refractivity contribution in [2.24, 2.45) is 0 Å². The molecule has 0 saturated heterocycles. The van der Waals surface area contributed by atoms with Gasteiger partial charge in [0.1, 0.15) is 0 Å². The monoisotopic (exact) mass is 575 g/mol. The Kier molecular flexibility index (Phi) is 5.82. The fraction of sp³-hybridized carbons (Fsp3) is 0. The van der Waals surface area contributed by atoms with Gasteiger partial charge in [0.15, 0.2) is 0 Å². The van der Waals surface area contributed by atoms with Crippen molar-refractivity contribution >= 4 is 60.7 Å². The quantitative estimate of drug-likeness (QED) is 0.199. The Labute approximate surface area is 261 Å². The topological polar surface area (TPSA) is 13.1 Å². The highest BCUT2D eigenvalue weighted by molar-refractivity contribution is 6.28. The lowest BCUT2D eigenvalue weighted by molar-refractivity contribution is 1.16. The Morgan fingerprint density at radius 1 is 0.311 bits per heavy atom. The second kappa shape index (κ2) is 10.3. The molecule has 3 nitrogen and oxygen atoms in total. The minimum Gasteiger partial charge on any atom is -0.310 e. The van der Waals surface area contributed by atoms with Crippen molar-refractivity contribution in [2.45, 2.75) is 0 Å². The number of hydrogen-bond acceptors (Lipinski definition) is 1. The zero-order valence-electron chi connectivity index (χ0n) is 24.6. The van der Waals surface area contributed by atoms with Crippen LogP contribution in [0.3, 0.4) is 0 Å². The van der Waals surface area contributed by atoms with Gasteiger partial charge in [-0.1, -0.05) is 97.1 Å². The van der Waals surface area contributed by atoms with Crippen LogP contribution in [0.5, 0.6) is 0 Å². The molecule has 3 heteroatoms. The first-order valence-electron chi connectivity index (χ1n) is 15.4. The van der Waals surface area contributed by atoms with Crippen LogP contribution in [0.2, 0.25) is 0 Å². The second-order valence-corrected chi connectivity index (χ2v) is 11.4. The average molecular weight is 576 g/mol. The third-order valence-electron chi connectivity index (χ3n) is 8.86. The molecule has 45 heavy (non-hydrogen) atoms. The van der Waals surface area contributed by atoms with Gasteiger partial charge in [0.25, 0.3) is 0 Å². The first kappa shape index (κ1) is 25.4. The molecule has 0 spiro atoms. The Morgan fingerprint density at radius 2 is 0.733 bits per heavy atom. The zero-order valence-corrected chi connectivity index (χ0v) is 24.6. The highest BCUT2D eigenvalue weighted by Gasteiger charge is 2.21. The van der Waals surface area contributed by atoms with E-state index in [-0.39, 0.29) is 0 Å². The molecule has 9 rings (SSSR count). The fourth-order valence-electron chi connectivity index (χ4n) is 7.02. The molecule has 2 aromatic heterocycles. The summed E-state index contributed by atoms with van der Waals surface area (Å²) in [4.78, 5) is 2.32. The Morgan fingerprint density at radius 3 is 1.29 bits per heavy atom. The van der Waals surface area contributed by atoms with E-state index >= 15 is 0 Å². The Bertz CT molecular complexity index is 2430. The third-order valence-corrected chi connectivity index (χ3v) is 8.86. The summed E-state index contributed by atoms with van der Waals surface area (Å²) in [6.45, 7) is 0. The predicted octanol–water partition coefficient (Wildman–Crippen LogP) is 11.4. The lowest BCUT2D eigenvalue weighted by Crippen LogP contribution is -2.10. The minimum atomic E-state index is 1.11. The smallest absolute Gasteiger partial charge is 0.0548 e. The van der Waals surface area contributed by atoms with Crippen molar-refractivity contribution in [2.75, 3.05) is 4.90 Å². The number of rotatable bonds is 5. The standard InChI is InChI=1S/C42H29N3/c1-4-15-30(16-5-1)43(31-17-6-2-7-18-31)33-21-14-22-34(29-33)45-38-26-13-11-24-36(38)42-40(45)28-27-39-41(42)35-23-10-12-25-37(35)44(39)32-19-8-3-9-20-32/h1-29H. The van der Waals surface area contributed by atoms with E-state index in [1.165, 1.54) is 49.3 Å². The molecule has 0 fully saturated rings. The third kappa shape index (κ3) is 3.98. The van der Waals surface area contributed by atoms with Crippen LogP contribution in [0.15, 0.2) is 176 Å². The summed E-state index contributed by atoms with van der Waals surface area (Å²) >= 11 is 0. The summed E-state index contributed by atoms with van der Waals surface area (Å²) in [6.07, 6.45) is 0. The molecular weight excluding hydrogens is 546 g/mol. The van der Waals surface area contributed by atoms with Crippen LogP contribution in [0.25, 0.3) is 55.0 Å². The molecule has 0 amide bonds. The van der Waals surface area contributed by atoms with Crippen molar-refractivity contribution in [1.29, 1.82) is 0 Å². The number of aromatic nitrogens is 2. The highest BCUT2D eigenvalue weighted by atomic mass is 15.1. The highest BCUT2D eigenvalue weighted by Crippen LogP contribution is 2.43. The number of benzene rings is 7. The van der Waals surface area contributed by atoms with Gasteiger partial charge >= 0.3 is 0 Å². The van der Waals surface area contributed by atoms with Gasteiger partial charge in [0.05, 0.1) is 22.1 Å². The summed E-state index contributed by atoms with van der Waals surface area (Å²) in [5, 5.41) is 5.08. The molecule has 0 bridgehead atoms. The molecule has 0 aliphatic carbocycles. The lowest BCUT2D eigenvalue weighted by Gasteiger charge is -2.26. The number of hydrogen-bond donors (Lipinski definition) is 0. The number of anilines is 3. The SMILES string of the molecule is c1ccc(N(c2ccccc2)c2cccc(-n3c4ccccc4c4c5c6ccccc6n(-c6ccccc6)c5ccc43)c2)cc1. The van der Waals surface area contributed by atoms with Gasteiger partial charge in [-0.15, -0.1) is 0 Å². The van der Waals surface area contributed by atoms with Crippen LogP contribution >= 0.6 is 0 Å². The van der Waals surface area contributed by atoms with Gasteiger partial charge in [0.2, 0.25) is 0 Å². The molecule has 0 aliphatic heterocycles. The number of fused-ring (bicyclic) bond motifs is 7. The summed E-state index contributed by atoms with van der Waals surface area (Å²) in [7, 11) is 0. The van der Waals surface area contributed by atoms with Crippen LogP contribution in [0, 0.1) is 0 Å². The molecule has 0 atom stereocenters. The molecule has 0 unspecified atom stereocenters. The summed E-state index contributed by atoms with van der Waals surface area (Å²) in [6, 6.07) is 63.0. The van der Waals surface area contributed by atoms with Crippen molar-refractivity contribution in [3.63, 3.8) is 0 Å². The number of nitrogens with zero attached hydrogens (tertiary/aromatic N) is 3. The number of para-hydroxylation sites is 5. The maximum Gasteiger partial charge on any atom is 0.0548 e. The maximum absolute atomic E-state index is 2.43. The predicted molar refractivity (Wildman–Crippen MR) is 190 cm³/mol. The van der Waals surface area contributed by atoms with Gasteiger partial charge in [0, 0.05) is 50.0 Å². The van der Waals surface area contributed by atoms with E-state index < -0.39 is 0 Å². The van der Waals surface area contributed by atoms with Crippen molar-refractivity contribution in [1.82, 2.24) is 9.13 Å². The molecule has 2 heterocycles. The summed E-state index contributed by atoms with van der Waals surface area (Å²) in [5.74, 6) is 0. The maximum atomic E-state index is 2.43. The fourth-order valence-corrected chi connectivity index (χ4v) is 7.02. The van der Waals surface area contributed by atoms with E-state index in [0.717, 1.165) is 22.7 Å². The largest absolute Gasteiger partial charge is 0.310 e. The molecule has 0 radical (unpaired) electrons. The zero-order chi connectivity index (χ0) is 29.7. The molecule has 0 saturated carbocycles. The van der Waals surface area contributed by atoms with Gasteiger partial charge in [-0.2, -0.15) is 0 Å². The van der Waals surface area contributed by atoms with Crippen LogP contribution in [0.4, 0.5) is 17.1 Å². The van der Waals surface area contributed by atoms with Gasteiger partial charge in [-0.25, -0.2) is 0 Å². The van der Waals surface area contributed by atoms with E-state index in [9.17, 15) is 0 Å². The van der Waals surface area contributed by atoms with Crippen LogP contribution in [-0.4, -0.2) is 9.13 Å². The van der Waals surface area contributed by atoms with E-state index in [4.69, 9.17) is 0 Å². The van der Waals surface area contributed by atoms with Crippen LogP contribution in [0.1, 0.15) is 0 Å². The van der Waals surface area contributed by atoms with Gasteiger partial charge in [-0.3, -0.25) is 0 Å². The van der Waals surface area contributed by atoms with Crippen LogP contribution < -0.4 is 4.90 Å². The van der Waals surface area contributed by atoms with Crippen molar-refractivity contribution in [3.05, 3.63) is 176 Å². The van der Waals surface area contributed by atoms with E-state index in [0.29, 0.717) is 0 Å². The molecular formula is C42H29N3. The van der Waals surface area contributed by atoms with E-state index in [2.05, 4.69) is 190 Å². The van der Waals surface area contributed by atoms with Crippen molar-refractivity contribution in [3.8, 4) is 11.4 Å². The molecule has 7 aromatic carbocycles. The van der Waals surface area contributed by atoms with E-state index in [1.54, 1.807) is 0 Å². The molecule has 212 valence electrons. The Balaban J connectivity index is 1.34. The molecule has 9 aromatic rings. The average Bonchev–Trinajstić information content (AvgIpc) is 3.63. The van der Waals surface area contributed by atoms with Gasteiger partial charge in [-0.05, 0) is 78.9 Å². The summed E-state index contributed by atoms with van der Waals surface area (Å²) in [5.41, 5.74) is 10.5. The minimum absolute atomic E-state index is 1.11. The normalized spacial score (nSPS) is 11.6. The molecule has 0 N–H and O–H groups in total. The Hall–Kier alpha value is -6.06.